The zero-order valence-corrected chi connectivity index (χ0v) is 31.6. The number of unbranched alkanes of at least 4 members (excludes halogenated alkanes) is 2. The van der Waals surface area contributed by atoms with Crippen LogP contribution in [-0.2, 0) is 19.1 Å². The van der Waals surface area contributed by atoms with Gasteiger partial charge in [0.15, 0.2) is 6.61 Å². The smallest absolute Gasteiger partial charge is 0.407 e. The Labute approximate surface area is 298 Å². The fourth-order valence-electron chi connectivity index (χ4n) is 5.21. The number of benzene rings is 1. The molecule has 0 aromatic heterocycles. The molecule has 0 heterocycles. The third kappa shape index (κ3) is 17.9. The number of alkyl carbamates (subject to hydrolysis) is 1. The molecule has 0 aliphatic rings. The standard InChI is InChI=1S/C37H63N3O10/c1-10-11-16-38-35(45)29(25(4)5)21-31(41)30(40-36(46)50-37(6,7)8)19-26(24(2)3)22-39-34(44)28-15-14-27(49-23-33(42)43)20-32(28)48-18-13-12-17-47-9/h14-15,20,24-26,29-31,41H,10-13,16-19,21-23H2,1-9H3,(H,38,45)(H,39,44)(H,40,46)(H,42,43)/t26-,29+,30+,31+/m1/s1. The van der Waals surface area contributed by atoms with Gasteiger partial charge in [0.1, 0.15) is 17.1 Å². The molecule has 0 aliphatic carbocycles. The molecule has 4 atom stereocenters. The average Bonchev–Trinajstić information content (AvgIpc) is 3.02. The van der Waals surface area contributed by atoms with Crippen LogP contribution in [0.4, 0.5) is 4.79 Å². The van der Waals surface area contributed by atoms with Crippen LogP contribution in [0.2, 0.25) is 0 Å². The minimum atomic E-state index is -1.13. The molecule has 13 nitrogen and oxygen atoms in total. The number of methoxy groups -OCH3 is 1. The van der Waals surface area contributed by atoms with Gasteiger partial charge in [0.25, 0.3) is 5.91 Å². The molecule has 0 fully saturated rings. The Balaban J connectivity index is 3.22. The van der Waals surface area contributed by atoms with Crippen molar-refractivity contribution >= 4 is 23.9 Å². The van der Waals surface area contributed by atoms with Crippen LogP contribution in [0.3, 0.4) is 0 Å². The van der Waals surface area contributed by atoms with Gasteiger partial charge in [-0.05, 0) is 82.8 Å². The van der Waals surface area contributed by atoms with E-state index in [0.29, 0.717) is 32.6 Å². The molecule has 5 N–H and O–H groups in total. The summed E-state index contributed by atoms with van der Waals surface area (Å²) in [6.45, 7) is 16.3. The number of aliphatic hydroxyl groups excluding tert-OH is 1. The lowest BCUT2D eigenvalue weighted by Gasteiger charge is -2.33. The number of aliphatic hydroxyl groups is 1. The second-order valence-electron chi connectivity index (χ2n) is 14.4. The van der Waals surface area contributed by atoms with Crippen molar-refractivity contribution in [2.45, 2.75) is 112 Å². The molecule has 3 amide bonds. The first-order chi connectivity index (χ1) is 23.5. The highest BCUT2D eigenvalue weighted by Gasteiger charge is 2.33. The Hall–Kier alpha value is -3.58. The topological polar surface area (TPSA) is 182 Å². The fraction of sp³-hybridized carbons (Fsp3) is 0.730. The quantitative estimate of drug-likeness (QED) is 0.0898. The summed E-state index contributed by atoms with van der Waals surface area (Å²) >= 11 is 0. The van der Waals surface area contributed by atoms with Gasteiger partial charge in [0, 0.05) is 38.8 Å². The van der Waals surface area contributed by atoms with Gasteiger partial charge in [-0.15, -0.1) is 0 Å². The van der Waals surface area contributed by atoms with E-state index < -0.39 is 48.2 Å². The first kappa shape index (κ1) is 44.4. The van der Waals surface area contributed by atoms with Crippen LogP contribution >= 0.6 is 0 Å². The van der Waals surface area contributed by atoms with Crippen molar-refractivity contribution in [3.8, 4) is 11.5 Å². The maximum Gasteiger partial charge on any atom is 0.407 e. The van der Waals surface area contributed by atoms with E-state index >= 15 is 0 Å². The molecule has 0 unspecified atom stereocenters. The van der Waals surface area contributed by atoms with Gasteiger partial charge in [-0.3, -0.25) is 9.59 Å². The summed E-state index contributed by atoms with van der Waals surface area (Å²) < 4.78 is 21.8. The summed E-state index contributed by atoms with van der Waals surface area (Å²) in [4.78, 5) is 50.6. The molecule has 0 spiro atoms. The molecule has 0 saturated carbocycles. The predicted octanol–water partition coefficient (Wildman–Crippen LogP) is 5.18. The summed E-state index contributed by atoms with van der Waals surface area (Å²) in [7, 11) is 1.61. The number of aliphatic carboxylic acids is 1. The molecule has 0 saturated heterocycles. The summed E-state index contributed by atoms with van der Waals surface area (Å²) in [6.07, 6.45) is 1.92. The van der Waals surface area contributed by atoms with Crippen LogP contribution in [-0.4, -0.2) is 91.9 Å². The number of rotatable bonds is 24. The molecule has 1 aromatic carbocycles. The number of nitrogens with one attached hydrogen (secondary N) is 3. The summed E-state index contributed by atoms with van der Waals surface area (Å²) in [6, 6.07) is 3.76. The lowest BCUT2D eigenvalue weighted by molar-refractivity contribution is -0.139. The van der Waals surface area contributed by atoms with Gasteiger partial charge >= 0.3 is 12.1 Å². The minimum Gasteiger partial charge on any atom is -0.493 e. The van der Waals surface area contributed by atoms with Crippen molar-refractivity contribution < 1.29 is 48.3 Å². The molecule has 50 heavy (non-hydrogen) atoms. The van der Waals surface area contributed by atoms with Crippen LogP contribution in [0.15, 0.2) is 18.2 Å². The molecular formula is C37H63N3O10. The number of carboxylic acids is 1. The van der Waals surface area contributed by atoms with Crippen molar-refractivity contribution in [1.82, 2.24) is 16.0 Å². The molecule has 0 radical (unpaired) electrons. The van der Waals surface area contributed by atoms with Crippen LogP contribution in [0.5, 0.6) is 11.5 Å². The van der Waals surface area contributed by atoms with Crippen LogP contribution in [0, 0.1) is 23.7 Å². The molecule has 286 valence electrons. The van der Waals surface area contributed by atoms with E-state index in [1.165, 1.54) is 18.2 Å². The molecule has 13 heteroatoms. The first-order valence-electron chi connectivity index (χ1n) is 17.8. The molecular weight excluding hydrogens is 646 g/mol. The van der Waals surface area contributed by atoms with Crippen LogP contribution < -0.4 is 25.4 Å². The second kappa shape index (κ2) is 23.0. The van der Waals surface area contributed by atoms with Gasteiger partial charge in [0.05, 0.1) is 24.3 Å². The molecule has 0 bridgehead atoms. The molecule has 1 aromatic rings. The SMILES string of the molecule is CCCCNC(=O)[C@@H](C[C@H](O)[C@H](C[C@H](CNC(=O)c1ccc(OCC(=O)O)cc1OCCCCOC)C(C)C)NC(=O)OC(C)(C)C)C(C)C. The van der Waals surface area contributed by atoms with Gasteiger partial charge < -0.3 is 45.1 Å². The summed E-state index contributed by atoms with van der Waals surface area (Å²) in [5, 5.41) is 29.4. The van der Waals surface area contributed by atoms with Crippen molar-refractivity contribution in [3.05, 3.63) is 23.8 Å². The summed E-state index contributed by atoms with van der Waals surface area (Å²) in [5.74, 6) is -1.86. The van der Waals surface area contributed by atoms with Crippen LogP contribution in [0.1, 0.15) is 104 Å². The number of ether oxygens (including phenoxy) is 4. The largest absolute Gasteiger partial charge is 0.493 e. The number of hydrogen-bond acceptors (Lipinski definition) is 9. The average molecular weight is 710 g/mol. The maximum atomic E-state index is 13.5. The second-order valence-corrected chi connectivity index (χ2v) is 14.4. The highest BCUT2D eigenvalue weighted by Crippen LogP contribution is 2.27. The lowest BCUT2D eigenvalue weighted by Crippen LogP contribution is -2.49. The zero-order chi connectivity index (χ0) is 37.9. The number of carbonyl (C=O) groups excluding carboxylic acids is 3. The van der Waals surface area contributed by atoms with E-state index in [4.69, 9.17) is 24.1 Å². The van der Waals surface area contributed by atoms with Crippen LogP contribution in [0.25, 0.3) is 0 Å². The highest BCUT2D eigenvalue weighted by molar-refractivity contribution is 5.97. The fourth-order valence-corrected chi connectivity index (χ4v) is 5.21. The monoisotopic (exact) mass is 709 g/mol. The van der Waals surface area contributed by atoms with E-state index in [2.05, 4.69) is 16.0 Å². The van der Waals surface area contributed by atoms with Crippen molar-refractivity contribution in [3.63, 3.8) is 0 Å². The Bertz CT molecular complexity index is 1180. The van der Waals surface area contributed by atoms with Gasteiger partial charge in [-0.25, -0.2) is 9.59 Å². The van der Waals surface area contributed by atoms with E-state index in [0.717, 1.165) is 19.3 Å². The lowest BCUT2D eigenvalue weighted by atomic mass is 9.82. The highest BCUT2D eigenvalue weighted by atomic mass is 16.6. The number of carbonyl (C=O) groups is 4. The van der Waals surface area contributed by atoms with Crippen molar-refractivity contribution in [2.24, 2.45) is 23.7 Å². The molecule has 0 aliphatic heterocycles. The van der Waals surface area contributed by atoms with Gasteiger partial charge in [-0.2, -0.15) is 0 Å². The molecule has 1 rings (SSSR count). The van der Waals surface area contributed by atoms with E-state index in [9.17, 15) is 24.3 Å². The zero-order valence-electron chi connectivity index (χ0n) is 31.6. The number of hydrogen-bond donors (Lipinski definition) is 5. The van der Waals surface area contributed by atoms with E-state index in [-0.39, 0.29) is 53.7 Å². The predicted molar refractivity (Wildman–Crippen MR) is 191 cm³/mol. The summed E-state index contributed by atoms with van der Waals surface area (Å²) in [5.41, 5.74) is -0.512. The maximum absolute atomic E-state index is 13.5. The normalized spacial score (nSPS) is 14.0. The minimum absolute atomic E-state index is 0.0342. The Morgan fingerprint density at radius 1 is 0.900 bits per heavy atom. The van der Waals surface area contributed by atoms with Crippen molar-refractivity contribution in [2.75, 3.05) is 40.0 Å². The third-order valence-electron chi connectivity index (χ3n) is 8.22. The van der Waals surface area contributed by atoms with E-state index in [1.807, 2.05) is 34.6 Å². The van der Waals surface area contributed by atoms with Gasteiger partial charge in [-0.1, -0.05) is 41.0 Å². The van der Waals surface area contributed by atoms with Crippen molar-refractivity contribution in [1.29, 1.82) is 0 Å². The number of amides is 3. The third-order valence-corrected chi connectivity index (χ3v) is 8.22. The van der Waals surface area contributed by atoms with E-state index in [1.54, 1.807) is 27.9 Å². The first-order valence-corrected chi connectivity index (χ1v) is 17.8. The Kier molecular flexibility index (Phi) is 20.4. The Morgan fingerprint density at radius 3 is 2.16 bits per heavy atom. The Morgan fingerprint density at radius 2 is 1.58 bits per heavy atom. The van der Waals surface area contributed by atoms with Gasteiger partial charge in [0.2, 0.25) is 5.91 Å². The number of carboxylic acid groups (broad SMARTS) is 1.